The maximum Gasteiger partial charge on any atom is 0.0431 e. The van der Waals surface area contributed by atoms with Crippen molar-refractivity contribution >= 4 is 0 Å². The van der Waals surface area contributed by atoms with Gasteiger partial charge < -0.3 is 5.11 Å². The van der Waals surface area contributed by atoms with Crippen LogP contribution in [0.4, 0.5) is 0 Å². The smallest absolute Gasteiger partial charge is 0.0431 e. The second-order valence-corrected chi connectivity index (χ2v) is 13.4. The molecular formula is C37H76O. The molecule has 0 rings (SSSR count). The first kappa shape index (κ1) is 38.0. The Kier molecular flexibility index (Phi) is 31.5. The summed E-state index contributed by atoms with van der Waals surface area (Å²) in [6.07, 6.45) is 41.3. The van der Waals surface area contributed by atoms with Crippen molar-refractivity contribution < 1.29 is 5.11 Å². The lowest BCUT2D eigenvalue weighted by Gasteiger charge is -2.19. The van der Waals surface area contributed by atoms with Crippen molar-refractivity contribution in [2.45, 2.75) is 214 Å². The van der Waals surface area contributed by atoms with E-state index in [1.54, 1.807) is 0 Å². The van der Waals surface area contributed by atoms with Crippen LogP contribution in [0.25, 0.3) is 0 Å². The summed E-state index contributed by atoms with van der Waals surface area (Å²) in [6.45, 7) is 10.1. The Morgan fingerprint density at radius 1 is 0.342 bits per heavy atom. The topological polar surface area (TPSA) is 20.2 Å². The Bertz CT molecular complexity index is 419. The molecule has 0 fully saturated rings. The van der Waals surface area contributed by atoms with E-state index in [1.807, 2.05) is 0 Å². The summed E-state index contributed by atoms with van der Waals surface area (Å²) >= 11 is 0. The molecule has 3 atom stereocenters. The van der Waals surface area contributed by atoms with Crippen LogP contribution in [0, 0.1) is 17.8 Å². The molecule has 1 heteroatoms. The summed E-state index contributed by atoms with van der Waals surface area (Å²) in [4.78, 5) is 0. The Hall–Kier alpha value is -0.0400. The fraction of sp³-hybridized carbons (Fsp3) is 1.00. The maximum absolute atomic E-state index is 8.83. The molecule has 0 radical (unpaired) electrons. The number of hydrogen-bond acceptors (Lipinski definition) is 1. The summed E-state index contributed by atoms with van der Waals surface area (Å²) in [5, 5.41) is 8.83. The molecule has 0 heterocycles. The molecule has 0 aromatic heterocycles. The molecular weight excluding hydrogens is 460 g/mol. The van der Waals surface area contributed by atoms with Crippen molar-refractivity contribution in [3.63, 3.8) is 0 Å². The van der Waals surface area contributed by atoms with E-state index in [0.717, 1.165) is 24.2 Å². The van der Waals surface area contributed by atoms with Gasteiger partial charge in [-0.3, -0.25) is 0 Å². The zero-order chi connectivity index (χ0) is 27.9. The van der Waals surface area contributed by atoms with Gasteiger partial charge in [0.15, 0.2) is 0 Å². The van der Waals surface area contributed by atoms with Crippen LogP contribution in [0.15, 0.2) is 0 Å². The first-order valence-electron chi connectivity index (χ1n) is 18.2. The molecule has 0 unspecified atom stereocenters. The van der Waals surface area contributed by atoms with Gasteiger partial charge >= 0.3 is 0 Å². The zero-order valence-corrected chi connectivity index (χ0v) is 27.4. The Morgan fingerprint density at radius 2 is 0.579 bits per heavy atom. The van der Waals surface area contributed by atoms with Gasteiger partial charge in [-0.15, -0.1) is 0 Å². The molecule has 0 amide bonds. The van der Waals surface area contributed by atoms with E-state index in [0.29, 0.717) is 6.61 Å². The van der Waals surface area contributed by atoms with Crippen LogP contribution in [0.2, 0.25) is 0 Å². The standard InChI is InChI=1S/C37H76O/c1-5-35(2)31-27-23-19-16-14-12-10-8-6-7-9-11-13-15-17-20-24-28-32-36(3)37(4)33-29-25-21-18-22-26-30-34-38/h35-38H,5-34H2,1-4H3/t35-,36-,37+/m0/s1. The van der Waals surface area contributed by atoms with Gasteiger partial charge in [0.05, 0.1) is 0 Å². The molecule has 0 spiro atoms. The summed E-state index contributed by atoms with van der Waals surface area (Å²) < 4.78 is 0. The van der Waals surface area contributed by atoms with Gasteiger partial charge in [0.1, 0.15) is 0 Å². The van der Waals surface area contributed by atoms with Gasteiger partial charge in [-0.05, 0) is 24.2 Å². The normalized spacial score (nSPS) is 14.1. The number of hydrogen-bond donors (Lipinski definition) is 1. The highest BCUT2D eigenvalue weighted by atomic mass is 16.2. The average molecular weight is 537 g/mol. The zero-order valence-electron chi connectivity index (χ0n) is 27.4. The van der Waals surface area contributed by atoms with Gasteiger partial charge in [-0.25, -0.2) is 0 Å². The molecule has 1 N–H and O–H groups in total. The molecule has 38 heavy (non-hydrogen) atoms. The third-order valence-corrected chi connectivity index (χ3v) is 9.59. The van der Waals surface area contributed by atoms with Crippen molar-refractivity contribution in [2.24, 2.45) is 17.8 Å². The largest absolute Gasteiger partial charge is 0.396 e. The van der Waals surface area contributed by atoms with Crippen LogP contribution in [0.5, 0.6) is 0 Å². The molecule has 0 aliphatic carbocycles. The van der Waals surface area contributed by atoms with E-state index in [4.69, 9.17) is 5.11 Å². The van der Waals surface area contributed by atoms with Gasteiger partial charge in [-0.2, -0.15) is 0 Å². The van der Waals surface area contributed by atoms with Gasteiger partial charge in [0, 0.05) is 6.61 Å². The SMILES string of the molecule is CC[C@H](C)CCCCCCCCCCCCCCCCCCCC[C@H](C)[C@H](C)CCCCCCCCCO. The number of aliphatic hydroxyl groups is 1. The Labute approximate surface area is 243 Å². The van der Waals surface area contributed by atoms with Crippen LogP contribution < -0.4 is 0 Å². The van der Waals surface area contributed by atoms with Crippen molar-refractivity contribution in [2.75, 3.05) is 6.61 Å². The van der Waals surface area contributed by atoms with Crippen LogP contribution >= 0.6 is 0 Å². The molecule has 0 saturated carbocycles. The first-order valence-corrected chi connectivity index (χ1v) is 18.2. The molecule has 0 aliphatic heterocycles. The minimum Gasteiger partial charge on any atom is -0.396 e. The van der Waals surface area contributed by atoms with E-state index in [9.17, 15) is 0 Å². The van der Waals surface area contributed by atoms with E-state index in [1.165, 1.54) is 180 Å². The number of aliphatic hydroxyl groups excluding tert-OH is 1. The lowest BCUT2D eigenvalue weighted by molar-refractivity contribution is 0.282. The van der Waals surface area contributed by atoms with E-state index >= 15 is 0 Å². The fourth-order valence-corrected chi connectivity index (χ4v) is 6.02. The third-order valence-electron chi connectivity index (χ3n) is 9.59. The Morgan fingerprint density at radius 3 is 0.842 bits per heavy atom. The summed E-state index contributed by atoms with van der Waals surface area (Å²) in [5.41, 5.74) is 0. The number of unbranched alkanes of at least 4 members (excludes halogenated alkanes) is 23. The molecule has 0 aromatic carbocycles. The fourth-order valence-electron chi connectivity index (χ4n) is 6.02. The molecule has 0 bridgehead atoms. The number of rotatable bonds is 32. The summed E-state index contributed by atoms with van der Waals surface area (Å²) in [6, 6.07) is 0. The van der Waals surface area contributed by atoms with Crippen molar-refractivity contribution in [1.82, 2.24) is 0 Å². The van der Waals surface area contributed by atoms with Gasteiger partial charge in [0.25, 0.3) is 0 Å². The molecule has 230 valence electrons. The summed E-state index contributed by atoms with van der Waals surface area (Å²) in [7, 11) is 0. The molecule has 0 saturated heterocycles. The first-order chi connectivity index (χ1) is 18.6. The van der Waals surface area contributed by atoms with Crippen LogP contribution in [-0.2, 0) is 0 Å². The highest BCUT2D eigenvalue weighted by molar-refractivity contribution is 4.63. The van der Waals surface area contributed by atoms with Crippen LogP contribution in [0.1, 0.15) is 214 Å². The van der Waals surface area contributed by atoms with Gasteiger partial charge in [0.2, 0.25) is 0 Å². The van der Waals surface area contributed by atoms with Crippen LogP contribution in [-0.4, -0.2) is 11.7 Å². The quantitative estimate of drug-likeness (QED) is 0.0847. The lowest BCUT2D eigenvalue weighted by atomic mass is 9.86. The average Bonchev–Trinajstić information content (AvgIpc) is 2.92. The predicted octanol–water partition coefficient (Wildman–Crippen LogP) is 13.2. The second-order valence-electron chi connectivity index (χ2n) is 13.4. The predicted molar refractivity (Wildman–Crippen MR) is 174 cm³/mol. The van der Waals surface area contributed by atoms with Gasteiger partial charge in [-0.1, -0.05) is 207 Å². The van der Waals surface area contributed by atoms with E-state index in [-0.39, 0.29) is 0 Å². The van der Waals surface area contributed by atoms with Crippen molar-refractivity contribution in [3.05, 3.63) is 0 Å². The van der Waals surface area contributed by atoms with E-state index in [2.05, 4.69) is 27.7 Å². The maximum atomic E-state index is 8.83. The molecule has 0 aromatic rings. The highest BCUT2D eigenvalue weighted by Crippen LogP contribution is 2.24. The minimum atomic E-state index is 0.370. The van der Waals surface area contributed by atoms with E-state index < -0.39 is 0 Å². The second kappa shape index (κ2) is 31.5. The summed E-state index contributed by atoms with van der Waals surface area (Å²) in [5.74, 6) is 2.75. The third kappa shape index (κ3) is 29.0. The van der Waals surface area contributed by atoms with Crippen LogP contribution in [0.3, 0.4) is 0 Å². The Balaban J connectivity index is 3.23. The monoisotopic (exact) mass is 537 g/mol. The highest BCUT2D eigenvalue weighted by Gasteiger charge is 2.11. The molecule has 1 nitrogen and oxygen atoms in total. The van der Waals surface area contributed by atoms with Crippen molar-refractivity contribution in [1.29, 1.82) is 0 Å². The minimum absolute atomic E-state index is 0.370. The molecule has 0 aliphatic rings. The lowest BCUT2D eigenvalue weighted by Crippen LogP contribution is -2.08. The van der Waals surface area contributed by atoms with Crippen molar-refractivity contribution in [3.8, 4) is 0 Å².